The van der Waals surface area contributed by atoms with Crippen LogP contribution in [0.15, 0.2) is 61.2 Å². The molecule has 1 aliphatic heterocycles. The van der Waals surface area contributed by atoms with Gasteiger partial charge in [0.25, 0.3) is 5.91 Å². The van der Waals surface area contributed by atoms with E-state index in [1.807, 2.05) is 29.2 Å². The minimum Gasteiger partial charge on any atom is -0.493 e. The molecule has 1 aliphatic rings. The van der Waals surface area contributed by atoms with Gasteiger partial charge in [-0.2, -0.15) is 0 Å². The standard InChI is InChI=1S/C22H22N4O3/c1-28-19-6-2-3-7-20(19)29-21-14-24-13-18(25-21)17-5-4-12-26(15-17)22(27)16-8-10-23-11-9-16/h2-3,6-11,13-14,17H,4-5,12,15H2,1H3. The monoisotopic (exact) mass is 390 g/mol. The predicted molar refractivity (Wildman–Crippen MR) is 107 cm³/mol. The zero-order valence-electron chi connectivity index (χ0n) is 16.2. The number of hydrogen-bond acceptors (Lipinski definition) is 6. The highest BCUT2D eigenvalue weighted by molar-refractivity contribution is 5.94. The van der Waals surface area contributed by atoms with Crippen LogP contribution in [0.1, 0.15) is 34.8 Å². The summed E-state index contributed by atoms with van der Waals surface area (Å²) in [5.41, 5.74) is 1.48. The quantitative estimate of drug-likeness (QED) is 0.661. The number of carbonyl (C=O) groups is 1. The molecule has 7 nitrogen and oxygen atoms in total. The molecular weight excluding hydrogens is 368 g/mol. The van der Waals surface area contributed by atoms with E-state index in [1.165, 1.54) is 0 Å². The van der Waals surface area contributed by atoms with Gasteiger partial charge < -0.3 is 14.4 Å². The van der Waals surface area contributed by atoms with Gasteiger partial charge in [0, 0.05) is 43.2 Å². The summed E-state index contributed by atoms with van der Waals surface area (Å²) in [6, 6.07) is 10.9. The van der Waals surface area contributed by atoms with Crippen molar-refractivity contribution in [2.24, 2.45) is 0 Å². The molecule has 3 aromatic rings. The summed E-state index contributed by atoms with van der Waals surface area (Å²) < 4.78 is 11.2. The summed E-state index contributed by atoms with van der Waals surface area (Å²) >= 11 is 0. The van der Waals surface area contributed by atoms with Gasteiger partial charge >= 0.3 is 0 Å². The number of hydrogen-bond donors (Lipinski definition) is 0. The van der Waals surface area contributed by atoms with Gasteiger partial charge in [0.15, 0.2) is 11.5 Å². The summed E-state index contributed by atoms with van der Waals surface area (Å²) in [6.07, 6.45) is 8.48. The van der Waals surface area contributed by atoms with Gasteiger partial charge in [-0.05, 0) is 37.1 Å². The van der Waals surface area contributed by atoms with E-state index in [0.717, 1.165) is 25.1 Å². The number of amides is 1. The summed E-state index contributed by atoms with van der Waals surface area (Å²) in [7, 11) is 1.60. The second-order valence-electron chi connectivity index (χ2n) is 6.86. The van der Waals surface area contributed by atoms with Gasteiger partial charge in [-0.3, -0.25) is 14.8 Å². The van der Waals surface area contributed by atoms with E-state index in [4.69, 9.17) is 9.47 Å². The molecule has 0 radical (unpaired) electrons. The van der Waals surface area contributed by atoms with Crippen LogP contribution in [0.4, 0.5) is 0 Å². The Balaban J connectivity index is 1.50. The fraction of sp³-hybridized carbons (Fsp3) is 0.273. The molecule has 2 aromatic heterocycles. The highest BCUT2D eigenvalue weighted by Crippen LogP contribution is 2.31. The Labute approximate surface area is 169 Å². The number of aromatic nitrogens is 3. The fourth-order valence-electron chi connectivity index (χ4n) is 3.50. The van der Waals surface area contributed by atoms with E-state index in [0.29, 0.717) is 29.5 Å². The van der Waals surface area contributed by atoms with E-state index >= 15 is 0 Å². The van der Waals surface area contributed by atoms with E-state index < -0.39 is 0 Å². The molecule has 1 amide bonds. The van der Waals surface area contributed by atoms with Crippen molar-refractivity contribution in [1.29, 1.82) is 0 Å². The lowest BCUT2D eigenvalue weighted by atomic mass is 9.94. The van der Waals surface area contributed by atoms with Crippen molar-refractivity contribution >= 4 is 5.91 Å². The van der Waals surface area contributed by atoms with Gasteiger partial charge in [0.05, 0.1) is 19.0 Å². The lowest BCUT2D eigenvalue weighted by Gasteiger charge is -2.32. The molecule has 1 fully saturated rings. The average Bonchev–Trinajstić information content (AvgIpc) is 2.80. The zero-order valence-corrected chi connectivity index (χ0v) is 16.2. The van der Waals surface area contributed by atoms with Crippen LogP contribution in [0.25, 0.3) is 0 Å². The largest absolute Gasteiger partial charge is 0.493 e. The first kappa shape index (κ1) is 18.9. The molecule has 0 N–H and O–H groups in total. The number of carbonyl (C=O) groups excluding carboxylic acids is 1. The van der Waals surface area contributed by atoms with Crippen molar-refractivity contribution in [3.63, 3.8) is 0 Å². The maximum absolute atomic E-state index is 12.8. The van der Waals surface area contributed by atoms with Gasteiger partial charge in [-0.25, -0.2) is 4.98 Å². The molecule has 7 heteroatoms. The van der Waals surface area contributed by atoms with Crippen LogP contribution in [0.3, 0.4) is 0 Å². The summed E-state index contributed by atoms with van der Waals surface area (Å²) in [4.78, 5) is 27.6. The van der Waals surface area contributed by atoms with E-state index in [9.17, 15) is 4.79 Å². The van der Waals surface area contributed by atoms with Crippen LogP contribution < -0.4 is 9.47 Å². The Kier molecular flexibility index (Phi) is 5.65. The molecule has 1 saturated heterocycles. The molecule has 1 atom stereocenters. The number of methoxy groups -OCH3 is 1. The van der Waals surface area contributed by atoms with Gasteiger partial charge in [0.1, 0.15) is 0 Å². The minimum atomic E-state index is 0.0199. The van der Waals surface area contributed by atoms with Gasteiger partial charge in [0.2, 0.25) is 5.88 Å². The molecule has 0 bridgehead atoms. The van der Waals surface area contributed by atoms with Crippen molar-refractivity contribution < 1.29 is 14.3 Å². The molecule has 1 unspecified atom stereocenters. The van der Waals surface area contributed by atoms with E-state index in [2.05, 4.69) is 15.0 Å². The van der Waals surface area contributed by atoms with Crippen LogP contribution in [-0.2, 0) is 0 Å². The third-order valence-electron chi connectivity index (χ3n) is 4.97. The molecule has 4 rings (SSSR count). The lowest BCUT2D eigenvalue weighted by Crippen LogP contribution is -2.39. The molecule has 29 heavy (non-hydrogen) atoms. The molecule has 148 valence electrons. The highest BCUT2D eigenvalue weighted by atomic mass is 16.5. The number of nitrogens with zero attached hydrogens (tertiary/aromatic N) is 4. The number of piperidine rings is 1. The molecular formula is C22H22N4O3. The molecule has 0 saturated carbocycles. The Hall–Kier alpha value is -3.48. The molecule has 3 heterocycles. The highest BCUT2D eigenvalue weighted by Gasteiger charge is 2.27. The minimum absolute atomic E-state index is 0.0199. The van der Waals surface area contributed by atoms with Crippen molar-refractivity contribution in [3.05, 3.63) is 72.4 Å². The van der Waals surface area contributed by atoms with E-state index in [1.54, 1.807) is 44.0 Å². The van der Waals surface area contributed by atoms with Crippen LogP contribution >= 0.6 is 0 Å². The van der Waals surface area contributed by atoms with Crippen molar-refractivity contribution in [3.8, 4) is 17.4 Å². The average molecular weight is 390 g/mol. The first-order valence-electron chi connectivity index (χ1n) is 9.56. The zero-order chi connectivity index (χ0) is 20.1. The van der Waals surface area contributed by atoms with Crippen molar-refractivity contribution in [1.82, 2.24) is 19.9 Å². The summed E-state index contributed by atoms with van der Waals surface area (Å²) in [5.74, 6) is 1.76. The maximum Gasteiger partial charge on any atom is 0.253 e. The Bertz CT molecular complexity index is 981. The number of benzene rings is 1. The topological polar surface area (TPSA) is 77.4 Å². The summed E-state index contributed by atoms with van der Waals surface area (Å²) in [5, 5.41) is 0. The van der Waals surface area contributed by atoms with Crippen LogP contribution in [0.2, 0.25) is 0 Å². The summed E-state index contributed by atoms with van der Waals surface area (Å²) in [6.45, 7) is 1.34. The molecule has 0 spiro atoms. The smallest absolute Gasteiger partial charge is 0.253 e. The van der Waals surface area contributed by atoms with Crippen molar-refractivity contribution in [2.75, 3.05) is 20.2 Å². The van der Waals surface area contributed by atoms with Crippen LogP contribution in [0.5, 0.6) is 17.4 Å². The maximum atomic E-state index is 12.8. The van der Waals surface area contributed by atoms with Crippen LogP contribution in [0, 0.1) is 0 Å². The second kappa shape index (κ2) is 8.68. The molecule has 1 aromatic carbocycles. The number of pyridine rings is 1. The second-order valence-corrected chi connectivity index (χ2v) is 6.86. The van der Waals surface area contributed by atoms with Gasteiger partial charge in [-0.1, -0.05) is 12.1 Å². The Morgan fingerprint density at radius 3 is 2.66 bits per heavy atom. The number of ether oxygens (including phenoxy) is 2. The third-order valence-corrected chi connectivity index (χ3v) is 4.97. The van der Waals surface area contributed by atoms with Crippen LogP contribution in [-0.4, -0.2) is 46.0 Å². The predicted octanol–water partition coefficient (Wildman–Crippen LogP) is 3.69. The third kappa shape index (κ3) is 4.34. The number of rotatable bonds is 5. The van der Waals surface area contributed by atoms with E-state index in [-0.39, 0.29) is 11.8 Å². The first-order valence-corrected chi connectivity index (χ1v) is 9.56. The Morgan fingerprint density at radius 2 is 1.86 bits per heavy atom. The fourth-order valence-corrected chi connectivity index (χ4v) is 3.50. The Morgan fingerprint density at radius 1 is 1.07 bits per heavy atom. The molecule has 0 aliphatic carbocycles. The van der Waals surface area contributed by atoms with Gasteiger partial charge in [-0.15, -0.1) is 0 Å². The first-order chi connectivity index (χ1) is 14.2. The normalized spacial score (nSPS) is 16.3. The number of likely N-dealkylation sites (tertiary alicyclic amines) is 1. The SMILES string of the molecule is COc1ccccc1Oc1cncc(C2CCCN(C(=O)c3ccncc3)C2)n1. The number of para-hydroxylation sites is 2. The lowest BCUT2D eigenvalue weighted by molar-refractivity contribution is 0.0705. The van der Waals surface area contributed by atoms with Crippen molar-refractivity contribution in [2.45, 2.75) is 18.8 Å².